The van der Waals surface area contributed by atoms with Crippen LogP contribution < -0.4 is 5.32 Å². The highest BCUT2D eigenvalue weighted by Gasteiger charge is 2.40. The Morgan fingerprint density at radius 3 is 1.55 bits per heavy atom. The summed E-state index contributed by atoms with van der Waals surface area (Å²) in [4.78, 5) is 0. The zero-order chi connectivity index (χ0) is 15.5. The van der Waals surface area contributed by atoms with E-state index < -0.39 is 0 Å². The van der Waals surface area contributed by atoms with E-state index in [1.165, 1.54) is 11.1 Å². The zero-order valence-corrected chi connectivity index (χ0v) is 13.0. The third-order valence-corrected chi connectivity index (χ3v) is 4.60. The van der Waals surface area contributed by atoms with E-state index in [0.717, 1.165) is 5.71 Å². The molecule has 1 aliphatic rings. The molecular formula is C19H22N2O. The van der Waals surface area contributed by atoms with Crippen molar-refractivity contribution in [2.24, 2.45) is 5.16 Å². The average molecular weight is 294 g/mol. The van der Waals surface area contributed by atoms with Crippen LogP contribution in [0.2, 0.25) is 0 Å². The van der Waals surface area contributed by atoms with Crippen molar-refractivity contribution in [2.75, 3.05) is 0 Å². The maximum atomic E-state index is 9.75. The van der Waals surface area contributed by atoms with Gasteiger partial charge < -0.3 is 10.5 Å². The molecule has 114 valence electrons. The van der Waals surface area contributed by atoms with Crippen LogP contribution in [-0.4, -0.2) is 23.0 Å². The Morgan fingerprint density at radius 1 is 0.773 bits per heavy atom. The molecule has 0 aliphatic carbocycles. The van der Waals surface area contributed by atoms with Gasteiger partial charge in [-0.25, -0.2) is 0 Å². The largest absolute Gasteiger partial charge is 0.411 e. The SMILES string of the molecule is CC1NC(C)C(c2ccccc2)C(=NO)C1c1ccccc1. The number of rotatable bonds is 2. The molecule has 0 amide bonds. The molecule has 0 bridgehead atoms. The van der Waals surface area contributed by atoms with Crippen LogP contribution in [0.3, 0.4) is 0 Å². The van der Waals surface area contributed by atoms with E-state index >= 15 is 0 Å². The van der Waals surface area contributed by atoms with Crippen LogP contribution in [0, 0.1) is 0 Å². The first-order valence-corrected chi connectivity index (χ1v) is 7.80. The van der Waals surface area contributed by atoms with Gasteiger partial charge in [-0.1, -0.05) is 65.8 Å². The molecule has 4 unspecified atom stereocenters. The Morgan fingerprint density at radius 2 is 1.18 bits per heavy atom. The van der Waals surface area contributed by atoms with Gasteiger partial charge in [0.05, 0.1) is 5.71 Å². The summed E-state index contributed by atoms with van der Waals surface area (Å²) in [5, 5.41) is 17.1. The highest BCUT2D eigenvalue weighted by Crippen LogP contribution is 2.36. The van der Waals surface area contributed by atoms with E-state index in [-0.39, 0.29) is 23.9 Å². The molecular weight excluding hydrogens is 272 g/mol. The zero-order valence-electron chi connectivity index (χ0n) is 13.0. The van der Waals surface area contributed by atoms with Crippen LogP contribution in [-0.2, 0) is 0 Å². The van der Waals surface area contributed by atoms with Crippen LogP contribution in [0.1, 0.15) is 36.8 Å². The topological polar surface area (TPSA) is 44.6 Å². The van der Waals surface area contributed by atoms with Crippen molar-refractivity contribution in [3.05, 3.63) is 71.8 Å². The molecule has 1 aliphatic heterocycles. The molecule has 22 heavy (non-hydrogen) atoms. The summed E-state index contributed by atoms with van der Waals surface area (Å²) >= 11 is 0. The molecule has 3 rings (SSSR count). The average Bonchev–Trinajstić information content (AvgIpc) is 2.55. The first-order chi connectivity index (χ1) is 10.7. The van der Waals surface area contributed by atoms with Gasteiger partial charge in [-0.3, -0.25) is 0 Å². The second-order valence-corrected chi connectivity index (χ2v) is 6.05. The second-order valence-electron chi connectivity index (χ2n) is 6.05. The van der Waals surface area contributed by atoms with Crippen LogP contribution in [0.25, 0.3) is 0 Å². The minimum Gasteiger partial charge on any atom is -0.411 e. The third kappa shape index (κ3) is 2.64. The molecule has 4 atom stereocenters. The predicted octanol–water partition coefficient (Wildman–Crippen LogP) is 3.76. The Balaban J connectivity index is 2.04. The van der Waals surface area contributed by atoms with Crippen LogP contribution >= 0.6 is 0 Å². The van der Waals surface area contributed by atoms with Crippen molar-refractivity contribution in [3.63, 3.8) is 0 Å². The fourth-order valence-electron chi connectivity index (χ4n) is 3.68. The van der Waals surface area contributed by atoms with Crippen molar-refractivity contribution in [3.8, 4) is 0 Å². The molecule has 1 heterocycles. The van der Waals surface area contributed by atoms with Crippen molar-refractivity contribution < 1.29 is 5.21 Å². The van der Waals surface area contributed by atoms with Gasteiger partial charge in [-0.2, -0.15) is 0 Å². The summed E-state index contributed by atoms with van der Waals surface area (Å²) in [6.45, 7) is 4.31. The summed E-state index contributed by atoms with van der Waals surface area (Å²) < 4.78 is 0. The predicted molar refractivity (Wildman–Crippen MR) is 89.6 cm³/mol. The van der Waals surface area contributed by atoms with E-state index in [4.69, 9.17) is 0 Å². The number of hydrogen-bond donors (Lipinski definition) is 2. The Labute approximate surface area is 131 Å². The summed E-state index contributed by atoms with van der Waals surface area (Å²) in [5.41, 5.74) is 3.21. The lowest BCUT2D eigenvalue weighted by atomic mass is 9.73. The summed E-state index contributed by atoms with van der Waals surface area (Å²) in [6.07, 6.45) is 0. The molecule has 2 N–H and O–H groups in total. The number of nitrogens with zero attached hydrogens (tertiary/aromatic N) is 1. The number of oxime groups is 1. The maximum absolute atomic E-state index is 9.75. The van der Waals surface area contributed by atoms with Gasteiger partial charge in [0.1, 0.15) is 0 Å². The molecule has 0 radical (unpaired) electrons. The number of benzene rings is 2. The van der Waals surface area contributed by atoms with E-state index in [2.05, 4.69) is 48.6 Å². The number of nitrogens with one attached hydrogen (secondary N) is 1. The standard InChI is InChI=1S/C19H22N2O/c1-13-17(15-9-5-3-6-10-15)19(21-22)18(14(2)20-13)16-11-7-4-8-12-16/h3-14,17-18,20,22H,1-2H3. The van der Waals surface area contributed by atoms with E-state index in [1.807, 2.05) is 36.4 Å². The molecule has 2 aromatic rings. The monoisotopic (exact) mass is 294 g/mol. The summed E-state index contributed by atoms with van der Waals surface area (Å²) in [6, 6.07) is 21.0. The van der Waals surface area contributed by atoms with Gasteiger partial charge in [0, 0.05) is 23.9 Å². The molecule has 0 spiro atoms. The first-order valence-electron chi connectivity index (χ1n) is 7.80. The highest BCUT2D eigenvalue weighted by molar-refractivity contribution is 5.98. The Hall–Kier alpha value is -2.13. The minimum atomic E-state index is 0.0765. The van der Waals surface area contributed by atoms with Crippen LogP contribution in [0.5, 0.6) is 0 Å². The molecule has 3 nitrogen and oxygen atoms in total. The van der Waals surface area contributed by atoms with Crippen LogP contribution in [0.15, 0.2) is 65.8 Å². The lowest BCUT2D eigenvalue weighted by molar-refractivity contribution is 0.300. The number of piperidine rings is 1. The summed E-state index contributed by atoms with van der Waals surface area (Å²) in [7, 11) is 0. The van der Waals surface area contributed by atoms with Gasteiger partial charge in [-0.05, 0) is 25.0 Å². The second kappa shape index (κ2) is 6.32. The van der Waals surface area contributed by atoms with Gasteiger partial charge in [0.15, 0.2) is 0 Å². The minimum absolute atomic E-state index is 0.0765. The molecule has 1 fully saturated rings. The highest BCUT2D eigenvalue weighted by atomic mass is 16.4. The molecule has 0 saturated carbocycles. The quantitative estimate of drug-likeness (QED) is 0.654. The normalized spacial score (nSPS) is 28.4. The van der Waals surface area contributed by atoms with Crippen molar-refractivity contribution >= 4 is 5.71 Å². The van der Waals surface area contributed by atoms with Gasteiger partial charge in [-0.15, -0.1) is 0 Å². The maximum Gasteiger partial charge on any atom is 0.0750 e. The fraction of sp³-hybridized carbons (Fsp3) is 0.316. The van der Waals surface area contributed by atoms with Gasteiger partial charge in [0.2, 0.25) is 0 Å². The smallest absolute Gasteiger partial charge is 0.0750 e. The van der Waals surface area contributed by atoms with Crippen LogP contribution in [0.4, 0.5) is 0 Å². The van der Waals surface area contributed by atoms with Crippen molar-refractivity contribution in [1.29, 1.82) is 0 Å². The van der Waals surface area contributed by atoms with E-state index in [0.29, 0.717) is 0 Å². The van der Waals surface area contributed by atoms with E-state index in [9.17, 15) is 5.21 Å². The van der Waals surface area contributed by atoms with Crippen molar-refractivity contribution in [1.82, 2.24) is 5.32 Å². The Kier molecular flexibility index (Phi) is 4.25. The van der Waals surface area contributed by atoms with E-state index in [1.54, 1.807) is 0 Å². The Bertz CT molecular complexity index is 585. The fourth-order valence-corrected chi connectivity index (χ4v) is 3.68. The molecule has 1 saturated heterocycles. The lowest BCUT2D eigenvalue weighted by Gasteiger charge is -2.41. The molecule has 2 aromatic carbocycles. The number of hydrogen-bond acceptors (Lipinski definition) is 3. The first kappa shape index (κ1) is 14.8. The third-order valence-electron chi connectivity index (χ3n) is 4.60. The lowest BCUT2D eigenvalue weighted by Crippen LogP contribution is -2.52. The molecule has 0 aromatic heterocycles. The van der Waals surface area contributed by atoms with Gasteiger partial charge in [0.25, 0.3) is 0 Å². The van der Waals surface area contributed by atoms with Gasteiger partial charge >= 0.3 is 0 Å². The molecule has 3 heteroatoms. The summed E-state index contributed by atoms with van der Waals surface area (Å²) in [5.74, 6) is 0.153. The van der Waals surface area contributed by atoms with Crippen molar-refractivity contribution in [2.45, 2.75) is 37.8 Å².